The number of rotatable bonds is 7. The van der Waals surface area contributed by atoms with E-state index in [1.807, 2.05) is 34.1 Å². The second-order valence-corrected chi connectivity index (χ2v) is 9.66. The van der Waals surface area contributed by atoms with E-state index in [1.165, 1.54) is 18.5 Å². The molecule has 1 unspecified atom stereocenters. The number of likely N-dealkylation sites (tertiary alicyclic amines) is 1. The summed E-state index contributed by atoms with van der Waals surface area (Å²) in [6.45, 7) is 1.98. The molecule has 0 spiro atoms. The second kappa shape index (κ2) is 10.5. The fourth-order valence-electron chi connectivity index (χ4n) is 5.20. The topological polar surface area (TPSA) is 49.3 Å². The molecule has 2 aliphatic heterocycles. The number of anilines is 1. The van der Waals surface area contributed by atoms with E-state index in [-0.39, 0.29) is 17.8 Å². The third kappa shape index (κ3) is 5.60. The molecule has 9 heteroatoms. The molecule has 1 atom stereocenters. The summed E-state index contributed by atoms with van der Waals surface area (Å²) in [5, 5.41) is 0. The molecule has 5 rings (SSSR count). The minimum atomic E-state index is -4.39. The van der Waals surface area contributed by atoms with Gasteiger partial charge >= 0.3 is 6.18 Å². The summed E-state index contributed by atoms with van der Waals surface area (Å²) in [5.74, 6) is -0.0961. The van der Waals surface area contributed by atoms with Gasteiger partial charge in [0.25, 0.3) is 0 Å². The predicted molar refractivity (Wildman–Crippen MR) is 131 cm³/mol. The average Bonchev–Trinajstić information content (AvgIpc) is 3.53. The van der Waals surface area contributed by atoms with Crippen molar-refractivity contribution in [2.75, 3.05) is 18.0 Å². The molecule has 3 heterocycles. The SMILES string of the molecule is O=C1CCCN1Cc1ccc(CCc2ncnc(N3CCCC3c3ccc(C(F)(F)F)cc3)c2F)cc1. The van der Waals surface area contributed by atoms with Crippen molar-refractivity contribution in [1.29, 1.82) is 0 Å². The van der Waals surface area contributed by atoms with Gasteiger partial charge in [-0.05, 0) is 60.9 Å². The van der Waals surface area contributed by atoms with E-state index in [0.29, 0.717) is 50.0 Å². The number of hydrogen-bond donors (Lipinski definition) is 0. The number of amides is 1. The standard InChI is InChI=1S/C28H28F4N4O/c29-26-23(14-9-19-5-7-20(8-6-19)17-35-15-2-4-25(35)37)33-18-34-27(26)36-16-1-3-24(36)21-10-12-22(13-11-21)28(30,31)32/h5-8,10-13,18,24H,1-4,9,14-17H2. The van der Waals surface area contributed by atoms with Crippen molar-refractivity contribution in [3.63, 3.8) is 0 Å². The lowest BCUT2D eigenvalue weighted by atomic mass is 10.0. The Balaban J connectivity index is 1.26. The van der Waals surface area contributed by atoms with E-state index >= 15 is 4.39 Å². The van der Waals surface area contributed by atoms with Crippen molar-refractivity contribution in [3.05, 3.63) is 88.6 Å². The van der Waals surface area contributed by atoms with Gasteiger partial charge in [-0.2, -0.15) is 13.2 Å². The van der Waals surface area contributed by atoms with Gasteiger partial charge < -0.3 is 9.80 Å². The molecular weight excluding hydrogens is 484 g/mol. The number of carbonyl (C=O) groups is 1. The Bertz CT molecular complexity index is 1240. The fourth-order valence-corrected chi connectivity index (χ4v) is 5.20. The van der Waals surface area contributed by atoms with E-state index in [4.69, 9.17) is 0 Å². The largest absolute Gasteiger partial charge is 0.416 e. The number of halogens is 4. The molecule has 0 N–H and O–H groups in total. The molecule has 3 aromatic rings. The van der Waals surface area contributed by atoms with Crippen LogP contribution in [0.1, 0.15) is 59.7 Å². The van der Waals surface area contributed by atoms with Crippen LogP contribution in [0.4, 0.5) is 23.4 Å². The zero-order valence-electron chi connectivity index (χ0n) is 20.3. The minimum absolute atomic E-state index is 0.192. The zero-order valence-corrected chi connectivity index (χ0v) is 20.3. The molecule has 37 heavy (non-hydrogen) atoms. The number of aryl methyl sites for hydroxylation is 2. The summed E-state index contributed by atoms with van der Waals surface area (Å²) in [7, 11) is 0. The van der Waals surface area contributed by atoms with Crippen LogP contribution in [0, 0.1) is 5.82 Å². The van der Waals surface area contributed by atoms with Gasteiger partial charge in [0.2, 0.25) is 5.91 Å². The number of nitrogens with zero attached hydrogens (tertiary/aromatic N) is 4. The van der Waals surface area contributed by atoms with Crippen molar-refractivity contribution in [3.8, 4) is 0 Å². The molecule has 2 fully saturated rings. The van der Waals surface area contributed by atoms with Crippen LogP contribution in [0.2, 0.25) is 0 Å². The lowest BCUT2D eigenvalue weighted by Gasteiger charge is -2.27. The predicted octanol–water partition coefficient (Wildman–Crippen LogP) is 5.88. The molecule has 1 amide bonds. The molecule has 0 radical (unpaired) electrons. The van der Waals surface area contributed by atoms with E-state index in [9.17, 15) is 18.0 Å². The van der Waals surface area contributed by atoms with E-state index in [2.05, 4.69) is 9.97 Å². The Hall–Kier alpha value is -3.49. The van der Waals surface area contributed by atoms with Crippen LogP contribution in [0.25, 0.3) is 0 Å². The molecule has 194 valence electrons. The van der Waals surface area contributed by atoms with Gasteiger partial charge in [0, 0.05) is 26.1 Å². The van der Waals surface area contributed by atoms with Gasteiger partial charge in [0.05, 0.1) is 17.3 Å². The van der Waals surface area contributed by atoms with Crippen molar-refractivity contribution in [2.45, 2.75) is 57.3 Å². The van der Waals surface area contributed by atoms with Crippen molar-refractivity contribution >= 4 is 11.7 Å². The smallest absolute Gasteiger partial charge is 0.347 e. The van der Waals surface area contributed by atoms with E-state index in [1.54, 1.807) is 0 Å². The van der Waals surface area contributed by atoms with Crippen molar-refractivity contribution in [2.24, 2.45) is 0 Å². The molecule has 5 nitrogen and oxygen atoms in total. The lowest BCUT2D eigenvalue weighted by Crippen LogP contribution is -2.25. The summed E-state index contributed by atoms with van der Waals surface area (Å²) in [5.41, 5.74) is 2.43. The molecular formula is C28H28F4N4O. The highest BCUT2D eigenvalue weighted by molar-refractivity contribution is 5.78. The number of aromatic nitrogens is 2. The summed E-state index contributed by atoms with van der Waals surface area (Å²) < 4.78 is 54.4. The molecule has 0 bridgehead atoms. The van der Waals surface area contributed by atoms with Crippen LogP contribution in [-0.4, -0.2) is 33.9 Å². The molecule has 0 saturated carbocycles. The minimum Gasteiger partial charge on any atom is -0.347 e. The van der Waals surface area contributed by atoms with E-state index < -0.39 is 17.6 Å². The zero-order chi connectivity index (χ0) is 26.0. The monoisotopic (exact) mass is 512 g/mol. The number of alkyl halides is 3. The Morgan fingerprint density at radius 3 is 2.30 bits per heavy atom. The third-order valence-corrected chi connectivity index (χ3v) is 7.21. The van der Waals surface area contributed by atoms with Gasteiger partial charge in [-0.25, -0.2) is 14.4 Å². The first-order valence-electron chi connectivity index (χ1n) is 12.6. The van der Waals surface area contributed by atoms with Gasteiger partial charge in [-0.1, -0.05) is 36.4 Å². The van der Waals surface area contributed by atoms with Crippen molar-refractivity contribution < 1.29 is 22.4 Å². The first-order valence-corrected chi connectivity index (χ1v) is 12.6. The first-order chi connectivity index (χ1) is 17.8. The molecule has 0 aliphatic carbocycles. The maximum Gasteiger partial charge on any atom is 0.416 e. The van der Waals surface area contributed by atoms with Crippen LogP contribution >= 0.6 is 0 Å². The van der Waals surface area contributed by atoms with Crippen LogP contribution in [0.3, 0.4) is 0 Å². The third-order valence-electron chi connectivity index (χ3n) is 7.21. The fraction of sp³-hybridized carbons (Fsp3) is 0.393. The number of carbonyl (C=O) groups excluding carboxylic acids is 1. The summed E-state index contributed by atoms with van der Waals surface area (Å²) in [4.78, 5) is 23.9. The maximum atomic E-state index is 15.5. The second-order valence-electron chi connectivity index (χ2n) is 9.66. The Morgan fingerprint density at radius 2 is 1.62 bits per heavy atom. The maximum absolute atomic E-state index is 15.5. The van der Waals surface area contributed by atoms with Crippen LogP contribution in [0.5, 0.6) is 0 Å². The summed E-state index contributed by atoms with van der Waals surface area (Å²) in [6.07, 6.45) is 0.974. The average molecular weight is 513 g/mol. The normalized spacial score (nSPS) is 18.2. The summed E-state index contributed by atoms with van der Waals surface area (Å²) >= 11 is 0. The lowest BCUT2D eigenvalue weighted by molar-refractivity contribution is -0.137. The highest BCUT2D eigenvalue weighted by Crippen LogP contribution is 2.38. The number of hydrogen-bond acceptors (Lipinski definition) is 4. The Morgan fingerprint density at radius 1 is 0.892 bits per heavy atom. The highest BCUT2D eigenvalue weighted by Gasteiger charge is 2.33. The van der Waals surface area contributed by atoms with Gasteiger partial charge in [-0.15, -0.1) is 0 Å². The first kappa shape index (κ1) is 25.2. The van der Waals surface area contributed by atoms with Crippen molar-refractivity contribution in [1.82, 2.24) is 14.9 Å². The van der Waals surface area contributed by atoms with Gasteiger partial charge in [0.15, 0.2) is 11.6 Å². The summed E-state index contributed by atoms with van der Waals surface area (Å²) in [6, 6.07) is 12.8. The number of benzene rings is 2. The quantitative estimate of drug-likeness (QED) is 0.371. The molecule has 2 saturated heterocycles. The van der Waals surface area contributed by atoms with Crippen LogP contribution < -0.4 is 4.90 Å². The van der Waals surface area contributed by atoms with Gasteiger partial charge in [0.1, 0.15) is 6.33 Å². The highest BCUT2D eigenvalue weighted by atomic mass is 19.4. The molecule has 2 aliphatic rings. The molecule has 2 aromatic carbocycles. The Labute approximate surface area is 213 Å². The molecule has 1 aromatic heterocycles. The van der Waals surface area contributed by atoms with E-state index in [0.717, 1.165) is 42.6 Å². The van der Waals surface area contributed by atoms with Crippen LogP contribution in [0.15, 0.2) is 54.9 Å². The Kier molecular flexibility index (Phi) is 7.13. The van der Waals surface area contributed by atoms with Crippen LogP contribution in [-0.2, 0) is 30.4 Å². The van der Waals surface area contributed by atoms with Gasteiger partial charge in [-0.3, -0.25) is 4.79 Å².